The first-order valence-electron chi connectivity index (χ1n) is 14.2. The molecular weight excluding hydrogens is 554 g/mol. The van der Waals surface area contributed by atoms with Crippen molar-refractivity contribution < 1.29 is 18.8 Å². The Morgan fingerprint density at radius 2 is 1.83 bits per heavy atom. The minimum atomic E-state index is -0.0221. The average Bonchev–Trinajstić information content (AvgIpc) is 3.62. The molecule has 2 aliphatic rings. The van der Waals surface area contributed by atoms with E-state index in [0.717, 1.165) is 55.4 Å². The van der Waals surface area contributed by atoms with Gasteiger partial charge in [0.15, 0.2) is 17.3 Å². The van der Waals surface area contributed by atoms with Crippen molar-refractivity contribution >= 4 is 39.1 Å². The maximum Gasteiger partial charge on any atom is 0.229 e. The van der Waals surface area contributed by atoms with Gasteiger partial charge in [-0.3, -0.25) is 4.79 Å². The Labute approximate surface area is 246 Å². The van der Waals surface area contributed by atoms with Crippen molar-refractivity contribution in [2.24, 2.45) is 0 Å². The molecule has 0 radical (unpaired) electrons. The summed E-state index contributed by atoms with van der Waals surface area (Å²) in [6, 6.07) is 11.4. The van der Waals surface area contributed by atoms with Crippen molar-refractivity contribution in [1.82, 2.24) is 19.7 Å². The van der Waals surface area contributed by atoms with Gasteiger partial charge in [-0.1, -0.05) is 12.1 Å². The number of nitrogens with one attached hydrogen (secondary N) is 2. The fourth-order valence-electron chi connectivity index (χ4n) is 5.36. The second-order valence-electron chi connectivity index (χ2n) is 10.5. The summed E-state index contributed by atoms with van der Waals surface area (Å²) in [7, 11) is 0. The number of benzene rings is 1. The van der Waals surface area contributed by atoms with Crippen LogP contribution in [0.2, 0.25) is 0 Å². The number of hydrogen-bond acceptors (Lipinski definition) is 10. The second-order valence-corrected chi connectivity index (χ2v) is 11.4. The lowest BCUT2D eigenvalue weighted by atomic mass is 10.1. The van der Waals surface area contributed by atoms with Crippen molar-refractivity contribution in [2.75, 3.05) is 62.8 Å². The number of nitrogens with zero attached hydrogens (tertiary/aromatic N) is 5. The fraction of sp³-hybridized carbons (Fsp3) is 0.333. The Morgan fingerprint density at radius 3 is 2.64 bits per heavy atom. The van der Waals surface area contributed by atoms with Crippen LogP contribution in [0.1, 0.15) is 11.3 Å². The second kappa shape index (κ2) is 11.6. The van der Waals surface area contributed by atoms with E-state index in [-0.39, 0.29) is 5.43 Å². The largest absolute Gasteiger partial charge is 0.439 e. The van der Waals surface area contributed by atoms with Crippen LogP contribution >= 0.6 is 11.3 Å². The molecule has 0 aliphatic carbocycles. The summed E-state index contributed by atoms with van der Waals surface area (Å²) in [5, 5.41) is 10.00. The SMILES string of the molecule is Cc1nn(-c2ccnc(Nc3ccc(-c4csc5c(=O)cc(N6CCOCC6)oc45)cc3)n2)cc1C[NH+]1CCOCC1. The molecule has 0 spiro atoms. The molecule has 12 heteroatoms. The van der Waals surface area contributed by atoms with Gasteiger partial charge in [0.2, 0.25) is 11.4 Å². The molecule has 0 atom stereocenters. The van der Waals surface area contributed by atoms with E-state index >= 15 is 0 Å². The third-order valence-corrected chi connectivity index (χ3v) is 8.70. The molecule has 1 aromatic carbocycles. The summed E-state index contributed by atoms with van der Waals surface area (Å²) in [6.07, 6.45) is 3.79. The van der Waals surface area contributed by atoms with Crippen LogP contribution in [-0.4, -0.2) is 72.4 Å². The summed E-state index contributed by atoms with van der Waals surface area (Å²) in [6.45, 7) is 9.25. The van der Waals surface area contributed by atoms with Gasteiger partial charge in [-0.2, -0.15) is 10.1 Å². The van der Waals surface area contributed by atoms with E-state index in [2.05, 4.69) is 21.4 Å². The lowest BCUT2D eigenvalue weighted by Gasteiger charge is -2.27. The zero-order chi connectivity index (χ0) is 28.5. The van der Waals surface area contributed by atoms with Crippen molar-refractivity contribution in [2.45, 2.75) is 13.5 Å². The maximum absolute atomic E-state index is 12.8. The Balaban J connectivity index is 1.08. The third-order valence-electron chi connectivity index (χ3n) is 7.72. The number of hydrogen-bond donors (Lipinski definition) is 2. The summed E-state index contributed by atoms with van der Waals surface area (Å²) < 4.78 is 19.7. The number of anilines is 3. The molecule has 11 nitrogen and oxygen atoms in total. The van der Waals surface area contributed by atoms with Crippen LogP contribution in [-0.2, 0) is 16.0 Å². The van der Waals surface area contributed by atoms with Crippen molar-refractivity contribution in [3.8, 4) is 16.9 Å². The Morgan fingerprint density at radius 1 is 1.05 bits per heavy atom. The molecule has 5 aromatic rings. The normalized spacial score (nSPS) is 16.3. The number of ether oxygens (including phenoxy) is 2. The topological polar surface area (TPSA) is 112 Å². The van der Waals surface area contributed by atoms with Gasteiger partial charge >= 0.3 is 0 Å². The minimum absolute atomic E-state index is 0.0221. The average molecular weight is 587 g/mol. The van der Waals surface area contributed by atoms with E-state index in [1.807, 2.05) is 47.3 Å². The van der Waals surface area contributed by atoms with Gasteiger partial charge in [0.05, 0.1) is 32.1 Å². The van der Waals surface area contributed by atoms with E-state index < -0.39 is 0 Å². The van der Waals surface area contributed by atoms with Crippen molar-refractivity contribution in [1.29, 1.82) is 0 Å². The zero-order valence-electron chi connectivity index (χ0n) is 23.3. The van der Waals surface area contributed by atoms with Crippen LogP contribution in [0.15, 0.2) is 63.4 Å². The molecule has 0 bridgehead atoms. The van der Waals surface area contributed by atoms with Gasteiger partial charge in [-0.05, 0) is 24.6 Å². The Kier molecular flexibility index (Phi) is 7.43. The van der Waals surface area contributed by atoms with Gasteiger partial charge in [0.1, 0.15) is 24.3 Å². The van der Waals surface area contributed by atoms with E-state index in [1.165, 1.54) is 21.8 Å². The van der Waals surface area contributed by atoms with Gasteiger partial charge < -0.3 is 29.0 Å². The summed E-state index contributed by atoms with van der Waals surface area (Å²) in [4.78, 5) is 25.5. The Hall–Kier alpha value is -4.10. The molecule has 7 rings (SSSR count). The lowest BCUT2D eigenvalue weighted by Crippen LogP contribution is -3.12. The first kappa shape index (κ1) is 26.8. The third kappa shape index (κ3) is 5.53. The molecule has 2 saturated heterocycles. The Bertz CT molecular complexity index is 1750. The molecule has 2 N–H and O–H groups in total. The molecule has 4 aromatic heterocycles. The van der Waals surface area contributed by atoms with Crippen LogP contribution in [0.3, 0.4) is 0 Å². The number of aromatic nitrogens is 4. The lowest BCUT2D eigenvalue weighted by molar-refractivity contribution is -0.921. The molecule has 2 aliphatic heterocycles. The van der Waals surface area contributed by atoms with Gasteiger partial charge in [-0.25, -0.2) is 9.67 Å². The van der Waals surface area contributed by atoms with Crippen LogP contribution in [0.4, 0.5) is 17.5 Å². The van der Waals surface area contributed by atoms with E-state index in [0.29, 0.717) is 54.2 Å². The monoisotopic (exact) mass is 586 g/mol. The quantitative estimate of drug-likeness (QED) is 0.297. The molecule has 42 heavy (non-hydrogen) atoms. The number of rotatable bonds is 7. The van der Waals surface area contributed by atoms with Gasteiger partial charge in [-0.15, -0.1) is 11.3 Å². The van der Waals surface area contributed by atoms with Gasteiger partial charge in [0.25, 0.3) is 0 Å². The molecule has 0 saturated carbocycles. The van der Waals surface area contributed by atoms with E-state index in [4.69, 9.17) is 24.0 Å². The number of fused-ring (bicyclic) bond motifs is 1. The van der Waals surface area contributed by atoms with Crippen molar-refractivity contribution in [3.05, 3.63) is 75.7 Å². The molecule has 216 valence electrons. The molecular formula is C30H32N7O4S+. The number of morpholine rings is 2. The first-order chi connectivity index (χ1) is 20.6. The number of aryl methyl sites for hydroxylation is 1. The predicted molar refractivity (Wildman–Crippen MR) is 161 cm³/mol. The standard InChI is InChI=1S/C30H31N7O4S/c1-20-22(17-35-8-12-39-13-9-35)18-37(34-20)26-6-7-31-30(33-26)32-23-4-2-21(3-5-23)24-19-42-29-25(38)16-27(41-28(24)29)36-10-14-40-15-11-36/h2-7,16,18-19H,8-15,17H2,1H3,(H,31,32,33)/p+1. The molecule has 0 unspecified atom stereocenters. The minimum Gasteiger partial charge on any atom is -0.439 e. The summed E-state index contributed by atoms with van der Waals surface area (Å²) >= 11 is 1.41. The number of thiophene rings is 1. The predicted octanol–water partition coefficient (Wildman–Crippen LogP) is 2.80. The molecule has 0 amide bonds. The molecule has 2 fully saturated rings. The number of quaternary nitrogens is 1. The van der Waals surface area contributed by atoms with E-state index in [9.17, 15) is 4.79 Å². The smallest absolute Gasteiger partial charge is 0.229 e. The highest BCUT2D eigenvalue weighted by atomic mass is 32.1. The highest BCUT2D eigenvalue weighted by molar-refractivity contribution is 7.17. The summed E-state index contributed by atoms with van der Waals surface area (Å²) in [5.74, 6) is 1.77. The van der Waals surface area contributed by atoms with Crippen LogP contribution in [0.5, 0.6) is 0 Å². The summed E-state index contributed by atoms with van der Waals surface area (Å²) in [5.41, 5.74) is 5.53. The van der Waals surface area contributed by atoms with Gasteiger partial charge in [0, 0.05) is 59.8 Å². The van der Waals surface area contributed by atoms with Crippen LogP contribution < -0.4 is 20.5 Å². The van der Waals surface area contributed by atoms with Crippen LogP contribution in [0.25, 0.3) is 27.2 Å². The van der Waals surface area contributed by atoms with Crippen LogP contribution in [0, 0.1) is 6.92 Å². The maximum atomic E-state index is 12.8. The first-order valence-corrected chi connectivity index (χ1v) is 15.0. The van der Waals surface area contributed by atoms with Crippen molar-refractivity contribution in [3.63, 3.8) is 0 Å². The zero-order valence-corrected chi connectivity index (χ0v) is 24.2. The fourth-order valence-corrected chi connectivity index (χ4v) is 6.27. The highest BCUT2D eigenvalue weighted by Crippen LogP contribution is 2.35. The highest BCUT2D eigenvalue weighted by Gasteiger charge is 2.20. The molecule has 6 heterocycles. The van der Waals surface area contributed by atoms with E-state index in [1.54, 1.807) is 12.3 Å².